The van der Waals surface area contributed by atoms with Crippen LogP contribution in [0.4, 0.5) is 4.79 Å². The lowest BCUT2D eigenvalue weighted by Crippen LogP contribution is -2.44. The van der Waals surface area contributed by atoms with Gasteiger partial charge in [-0.05, 0) is 42.2 Å². The maximum Gasteiger partial charge on any atom is 0.410 e. The number of rotatable bonds is 2. The normalized spacial score (nSPS) is 18.7. The monoisotopic (exact) mass is 363 g/mol. The number of fused-ring (bicyclic) bond motifs is 1. The van der Waals surface area contributed by atoms with Crippen LogP contribution in [0.2, 0.25) is 0 Å². The van der Waals surface area contributed by atoms with Gasteiger partial charge in [-0.15, -0.1) is 0 Å². The van der Waals surface area contributed by atoms with Crippen LogP contribution in [-0.2, 0) is 17.8 Å². The number of benzene rings is 2. The Bertz CT molecular complexity index is 823. The van der Waals surface area contributed by atoms with Crippen molar-refractivity contribution in [2.24, 2.45) is 5.41 Å². The van der Waals surface area contributed by atoms with Gasteiger partial charge in [0.2, 0.25) is 0 Å². The summed E-state index contributed by atoms with van der Waals surface area (Å²) in [6, 6.07) is 17.7. The average molecular weight is 363 g/mol. The summed E-state index contributed by atoms with van der Waals surface area (Å²) in [4.78, 5) is 26.9. The van der Waals surface area contributed by atoms with E-state index in [1.54, 1.807) is 4.90 Å². The first-order chi connectivity index (χ1) is 13.2. The molecule has 4 nitrogen and oxygen atoms in total. The Hall–Kier alpha value is -2.62. The number of aryl methyl sites for hydroxylation is 1. The molecule has 0 saturated carbocycles. The minimum absolute atomic E-state index is 0.0202. The number of piperidine rings is 1. The zero-order valence-corrected chi connectivity index (χ0v) is 15.5. The second-order valence-electron chi connectivity index (χ2n) is 7.78. The van der Waals surface area contributed by atoms with Crippen LogP contribution in [0, 0.1) is 5.41 Å². The van der Waals surface area contributed by atoms with Crippen LogP contribution in [-0.4, -0.2) is 29.9 Å². The van der Waals surface area contributed by atoms with E-state index in [9.17, 15) is 9.59 Å². The number of carbonyl (C=O) groups is 2. The third-order valence-corrected chi connectivity index (χ3v) is 6.07. The summed E-state index contributed by atoms with van der Waals surface area (Å²) in [5.41, 5.74) is 3.07. The summed E-state index contributed by atoms with van der Waals surface area (Å²) in [5, 5.41) is 0. The van der Waals surface area contributed by atoms with E-state index in [0.29, 0.717) is 26.1 Å². The summed E-state index contributed by atoms with van der Waals surface area (Å²) in [6.45, 7) is 1.63. The van der Waals surface area contributed by atoms with Crippen LogP contribution in [0.5, 0.6) is 0 Å². The Morgan fingerprint density at radius 3 is 2.44 bits per heavy atom. The number of ketones is 1. The highest BCUT2D eigenvalue weighted by Crippen LogP contribution is 2.43. The highest BCUT2D eigenvalue weighted by Gasteiger charge is 2.39. The van der Waals surface area contributed by atoms with Crippen molar-refractivity contribution in [1.29, 1.82) is 0 Å². The molecule has 1 fully saturated rings. The van der Waals surface area contributed by atoms with Crippen molar-refractivity contribution in [3.05, 3.63) is 71.3 Å². The predicted molar refractivity (Wildman–Crippen MR) is 104 cm³/mol. The minimum atomic E-state index is -0.253. The molecule has 0 radical (unpaired) electrons. The number of amides is 1. The van der Waals surface area contributed by atoms with E-state index in [2.05, 4.69) is 6.07 Å². The predicted octanol–water partition coefficient (Wildman–Crippen LogP) is 4.62. The van der Waals surface area contributed by atoms with Gasteiger partial charge >= 0.3 is 6.09 Å². The standard InChI is InChI=1S/C23H25NO3/c25-21-16-23(11-10-19-8-4-5-9-20(19)21)12-14-24(15-13-23)22(26)27-17-18-6-2-1-3-7-18/h1-9H,10-17H2. The fraction of sp³-hybridized carbons (Fsp3) is 0.391. The van der Waals surface area contributed by atoms with Gasteiger partial charge in [0.1, 0.15) is 6.61 Å². The fourth-order valence-electron chi connectivity index (χ4n) is 4.34. The summed E-state index contributed by atoms with van der Waals surface area (Å²) in [7, 11) is 0. The molecule has 4 rings (SSSR count). The van der Waals surface area contributed by atoms with Crippen LogP contribution in [0.1, 0.15) is 47.2 Å². The molecule has 0 aromatic heterocycles. The topological polar surface area (TPSA) is 46.6 Å². The third kappa shape index (κ3) is 3.90. The van der Waals surface area contributed by atoms with Crippen molar-refractivity contribution in [3.8, 4) is 0 Å². The van der Waals surface area contributed by atoms with E-state index < -0.39 is 0 Å². The Morgan fingerprint density at radius 2 is 1.67 bits per heavy atom. The summed E-state index contributed by atoms with van der Waals surface area (Å²) >= 11 is 0. The molecule has 1 spiro atoms. The van der Waals surface area contributed by atoms with Crippen LogP contribution in [0.3, 0.4) is 0 Å². The maximum atomic E-state index is 12.7. The minimum Gasteiger partial charge on any atom is -0.445 e. The molecule has 0 bridgehead atoms. The number of hydrogen-bond acceptors (Lipinski definition) is 3. The number of likely N-dealkylation sites (tertiary alicyclic amines) is 1. The molecule has 2 aromatic carbocycles. The van der Waals surface area contributed by atoms with Crippen molar-refractivity contribution in [3.63, 3.8) is 0 Å². The molecule has 140 valence electrons. The molecule has 2 aliphatic rings. The van der Waals surface area contributed by atoms with E-state index in [0.717, 1.165) is 36.8 Å². The van der Waals surface area contributed by atoms with Crippen molar-refractivity contribution in [2.75, 3.05) is 13.1 Å². The van der Waals surface area contributed by atoms with E-state index in [4.69, 9.17) is 4.74 Å². The molecular formula is C23H25NO3. The van der Waals surface area contributed by atoms with Crippen molar-refractivity contribution >= 4 is 11.9 Å². The molecule has 1 aliphatic heterocycles. The lowest BCUT2D eigenvalue weighted by atomic mass is 9.72. The van der Waals surface area contributed by atoms with Crippen LogP contribution >= 0.6 is 0 Å². The van der Waals surface area contributed by atoms with Crippen molar-refractivity contribution < 1.29 is 14.3 Å². The van der Waals surface area contributed by atoms with E-state index in [-0.39, 0.29) is 17.3 Å². The molecule has 1 aliphatic carbocycles. The molecule has 4 heteroatoms. The second kappa shape index (κ2) is 7.55. The first-order valence-corrected chi connectivity index (χ1v) is 9.72. The maximum absolute atomic E-state index is 12.7. The van der Waals surface area contributed by atoms with E-state index in [1.807, 2.05) is 48.5 Å². The zero-order chi connectivity index (χ0) is 18.7. The van der Waals surface area contributed by atoms with Crippen LogP contribution < -0.4 is 0 Å². The molecular weight excluding hydrogens is 338 g/mol. The first kappa shape index (κ1) is 17.8. The van der Waals surface area contributed by atoms with Gasteiger partial charge in [-0.1, -0.05) is 54.6 Å². The lowest BCUT2D eigenvalue weighted by molar-refractivity contribution is 0.0528. The molecule has 1 saturated heterocycles. The molecule has 0 atom stereocenters. The SMILES string of the molecule is O=C1CC2(CCc3ccccc31)CCN(C(=O)OCc1ccccc1)CC2. The van der Waals surface area contributed by atoms with Gasteiger partial charge < -0.3 is 9.64 Å². The van der Waals surface area contributed by atoms with Crippen LogP contribution in [0.15, 0.2) is 54.6 Å². The smallest absolute Gasteiger partial charge is 0.410 e. The summed E-state index contributed by atoms with van der Waals surface area (Å²) in [6.07, 6.45) is 4.04. The quantitative estimate of drug-likeness (QED) is 0.782. The molecule has 1 heterocycles. The first-order valence-electron chi connectivity index (χ1n) is 9.72. The summed E-state index contributed by atoms with van der Waals surface area (Å²) in [5.74, 6) is 0.253. The average Bonchev–Trinajstić information content (AvgIpc) is 2.85. The Labute approximate surface area is 160 Å². The van der Waals surface area contributed by atoms with Gasteiger partial charge in [0.15, 0.2) is 5.78 Å². The van der Waals surface area contributed by atoms with Gasteiger partial charge in [-0.3, -0.25) is 4.79 Å². The van der Waals surface area contributed by atoms with Crippen molar-refractivity contribution in [2.45, 2.75) is 38.7 Å². The van der Waals surface area contributed by atoms with E-state index in [1.165, 1.54) is 5.56 Å². The van der Waals surface area contributed by atoms with Gasteiger partial charge in [0.25, 0.3) is 0 Å². The number of hydrogen-bond donors (Lipinski definition) is 0. The third-order valence-electron chi connectivity index (χ3n) is 6.07. The molecule has 2 aromatic rings. The number of Topliss-reactive ketones (excluding diaryl/α,β-unsaturated/α-hetero) is 1. The van der Waals surface area contributed by atoms with Gasteiger partial charge in [-0.25, -0.2) is 4.79 Å². The van der Waals surface area contributed by atoms with Crippen LogP contribution in [0.25, 0.3) is 0 Å². The summed E-state index contributed by atoms with van der Waals surface area (Å²) < 4.78 is 5.46. The van der Waals surface area contributed by atoms with Crippen molar-refractivity contribution in [1.82, 2.24) is 4.90 Å². The Morgan fingerprint density at radius 1 is 0.963 bits per heavy atom. The lowest BCUT2D eigenvalue weighted by Gasteiger charge is -2.40. The zero-order valence-electron chi connectivity index (χ0n) is 15.5. The number of carbonyl (C=O) groups excluding carboxylic acids is 2. The molecule has 27 heavy (non-hydrogen) atoms. The van der Waals surface area contributed by atoms with Gasteiger partial charge in [-0.2, -0.15) is 0 Å². The molecule has 0 unspecified atom stereocenters. The fourth-order valence-corrected chi connectivity index (χ4v) is 4.34. The van der Waals surface area contributed by atoms with E-state index >= 15 is 0 Å². The Kier molecular flexibility index (Phi) is 4.97. The largest absolute Gasteiger partial charge is 0.445 e. The highest BCUT2D eigenvalue weighted by molar-refractivity contribution is 5.98. The Balaban J connectivity index is 1.34. The van der Waals surface area contributed by atoms with Gasteiger partial charge in [0, 0.05) is 25.1 Å². The highest BCUT2D eigenvalue weighted by atomic mass is 16.6. The number of nitrogens with zero attached hydrogens (tertiary/aromatic N) is 1. The molecule has 1 amide bonds. The van der Waals surface area contributed by atoms with Gasteiger partial charge in [0.05, 0.1) is 0 Å². The number of ether oxygens (including phenoxy) is 1. The second-order valence-corrected chi connectivity index (χ2v) is 7.78. The molecule has 0 N–H and O–H groups in total.